The van der Waals surface area contributed by atoms with Crippen LogP contribution in [-0.2, 0) is 12.0 Å². The molecule has 0 saturated carbocycles. The van der Waals surface area contributed by atoms with Crippen molar-refractivity contribution < 1.29 is 0 Å². The first-order chi connectivity index (χ1) is 8.15. The number of hydrogen-bond acceptors (Lipinski definition) is 2. The number of rotatable bonds is 0. The fourth-order valence-electron chi connectivity index (χ4n) is 3.20. The Morgan fingerprint density at radius 2 is 2.35 bits per heavy atom. The van der Waals surface area contributed by atoms with E-state index < -0.39 is 5.54 Å². The Bertz CT molecular complexity index is 582. The van der Waals surface area contributed by atoms with Gasteiger partial charge < -0.3 is 10.7 Å². The number of H-pyrrole nitrogens is 1. The Morgan fingerprint density at radius 1 is 1.53 bits per heavy atom. The number of hydrogen-bond donors (Lipinski definition) is 2. The molecule has 2 bridgehead atoms. The Kier molecular flexibility index (Phi) is 2.13. The van der Waals surface area contributed by atoms with Gasteiger partial charge in [0.1, 0.15) is 0 Å². The minimum atomic E-state index is -0.425. The molecule has 3 N–H and O–H groups in total. The lowest BCUT2D eigenvalue weighted by Gasteiger charge is -2.43. The minimum absolute atomic E-state index is 0.0432. The van der Waals surface area contributed by atoms with Crippen LogP contribution in [0, 0.1) is 5.92 Å². The van der Waals surface area contributed by atoms with Crippen molar-refractivity contribution in [3.63, 3.8) is 0 Å². The van der Waals surface area contributed by atoms with Gasteiger partial charge in [-0.05, 0) is 37.0 Å². The van der Waals surface area contributed by atoms with Crippen LogP contribution in [0.15, 0.2) is 40.7 Å². The van der Waals surface area contributed by atoms with Crippen LogP contribution in [0.1, 0.15) is 24.6 Å². The molecular formula is C14H16N2O. The number of aromatic amines is 1. The summed E-state index contributed by atoms with van der Waals surface area (Å²) in [6.07, 6.45) is 8.14. The summed E-state index contributed by atoms with van der Waals surface area (Å²) in [6, 6.07) is 3.45. The largest absolute Gasteiger partial charge is 0.326 e. The lowest BCUT2D eigenvalue weighted by Crippen LogP contribution is -2.47. The molecule has 2 aliphatic rings. The maximum absolute atomic E-state index is 11.4. The molecule has 3 heteroatoms. The Morgan fingerprint density at radius 3 is 3.12 bits per heavy atom. The molecule has 1 aromatic heterocycles. The summed E-state index contributed by atoms with van der Waals surface area (Å²) in [5.74, 6) is 0.337. The maximum Gasteiger partial charge on any atom is 0.248 e. The molecular weight excluding hydrogens is 212 g/mol. The van der Waals surface area contributed by atoms with Crippen LogP contribution < -0.4 is 11.3 Å². The van der Waals surface area contributed by atoms with E-state index in [1.165, 1.54) is 5.57 Å². The van der Waals surface area contributed by atoms with E-state index in [2.05, 4.69) is 23.2 Å². The van der Waals surface area contributed by atoms with Crippen molar-refractivity contribution in [1.29, 1.82) is 0 Å². The summed E-state index contributed by atoms with van der Waals surface area (Å²) >= 11 is 0. The van der Waals surface area contributed by atoms with Crippen LogP contribution in [0.5, 0.6) is 0 Å². The van der Waals surface area contributed by atoms with Crippen molar-refractivity contribution in [2.24, 2.45) is 11.7 Å². The molecule has 0 aliphatic heterocycles. The molecule has 17 heavy (non-hydrogen) atoms. The molecule has 2 atom stereocenters. The SMILES string of the molecule is C/C=C1\C2C=CC[C@@]1(N)c1ccc(=O)[nH]c1C2. The van der Waals surface area contributed by atoms with Crippen molar-refractivity contribution >= 4 is 0 Å². The fourth-order valence-corrected chi connectivity index (χ4v) is 3.20. The first kappa shape index (κ1) is 10.5. The summed E-state index contributed by atoms with van der Waals surface area (Å²) < 4.78 is 0. The first-order valence-electron chi connectivity index (χ1n) is 6.00. The molecule has 2 aliphatic carbocycles. The van der Waals surface area contributed by atoms with E-state index in [9.17, 15) is 4.79 Å². The molecule has 0 amide bonds. The molecule has 1 aromatic rings. The number of aromatic nitrogens is 1. The van der Waals surface area contributed by atoms with Gasteiger partial charge in [0, 0.05) is 17.7 Å². The fraction of sp³-hybridized carbons (Fsp3) is 0.357. The van der Waals surface area contributed by atoms with Gasteiger partial charge >= 0.3 is 0 Å². The van der Waals surface area contributed by atoms with Crippen molar-refractivity contribution in [1.82, 2.24) is 4.98 Å². The monoisotopic (exact) mass is 228 g/mol. The average molecular weight is 228 g/mol. The zero-order valence-corrected chi connectivity index (χ0v) is 9.86. The summed E-state index contributed by atoms with van der Waals surface area (Å²) in [6.45, 7) is 2.04. The van der Waals surface area contributed by atoms with Crippen molar-refractivity contribution in [2.75, 3.05) is 0 Å². The highest BCUT2D eigenvalue weighted by molar-refractivity contribution is 5.47. The standard InChI is InChI=1S/C14H16N2O/c1-2-10-9-4-3-7-14(10,15)11-5-6-13(17)16-12(11)8-9/h2-6,9H,7-8,15H2,1H3,(H,16,17)/b10-2+/t9?,14-/m0/s1. The molecule has 88 valence electrons. The highest BCUT2D eigenvalue weighted by Gasteiger charge is 2.42. The van der Waals surface area contributed by atoms with Crippen molar-refractivity contribution in [2.45, 2.75) is 25.3 Å². The van der Waals surface area contributed by atoms with E-state index in [1.54, 1.807) is 6.07 Å². The van der Waals surface area contributed by atoms with Crippen LogP contribution in [-0.4, -0.2) is 4.98 Å². The van der Waals surface area contributed by atoms with Gasteiger partial charge in [-0.2, -0.15) is 0 Å². The van der Waals surface area contributed by atoms with Crippen molar-refractivity contribution in [3.05, 3.63) is 57.5 Å². The van der Waals surface area contributed by atoms with Gasteiger partial charge in [-0.15, -0.1) is 0 Å². The molecule has 1 heterocycles. The smallest absolute Gasteiger partial charge is 0.248 e. The lowest BCUT2D eigenvalue weighted by atomic mass is 9.65. The van der Waals surface area contributed by atoms with Crippen LogP contribution in [0.2, 0.25) is 0 Å². The summed E-state index contributed by atoms with van der Waals surface area (Å²) in [5, 5.41) is 0. The van der Waals surface area contributed by atoms with Crippen LogP contribution in [0.3, 0.4) is 0 Å². The van der Waals surface area contributed by atoms with Crippen LogP contribution >= 0.6 is 0 Å². The van der Waals surface area contributed by atoms with Crippen LogP contribution in [0.25, 0.3) is 0 Å². The molecule has 3 rings (SSSR count). The molecule has 0 saturated heterocycles. The van der Waals surface area contributed by atoms with Crippen molar-refractivity contribution in [3.8, 4) is 0 Å². The predicted octanol–water partition coefficient (Wildman–Crippen LogP) is 1.61. The number of allylic oxidation sites excluding steroid dienone is 2. The lowest BCUT2D eigenvalue weighted by molar-refractivity contribution is 0.421. The van der Waals surface area contributed by atoms with Crippen LogP contribution in [0.4, 0.5) is 0 Å². The van der Waals surface area contributed by atoms with Gasteiger partial charge in [-0.1, -0.05) is 18.2 Å². The third-order valence-electron chi connectivity index (χ3n) is 3.94. The molecule has 3 nitrogen and oxygen atoms in total. The topological polar surface area (TPSA) is 58.9 Å². The van der Waals surface area contributed by atoms with Gasteiger partial charge in [-0.25, -0.2) is 0 Å². The molecule has 1 unspecified atom stereocenters. The van der Waals surface area contributed by atoms with E-state index in [-0.39, 0.29) is 5.56 Å². The summed E-state index contributed by atoms with van der Waals surface area (Å²) in [5.41, 5.74) is 9.46. The summed E-state index contributed by atoms with van der Waals surface area (Å²) in [7, 11) is 0. The highest BCUT2D eigenvalue weighted by atomic mass is 16.1. The van der Waals surface area contributed by atoms with E-state index in [4.69, 9.17) is 5.73 Å². The maximum atomic E-state index is 11.4. The third kappa shape index (κ3) is 1.35. The molecule has 0 aromatic carbocycles. The predicted molar refractivity (Wildman–Crippen MR) is 67.6 cm³/mol. The average Bonchev–Trinajstić information content (AvgIpc) is 2.27. The van der Waals surface area contributed by atoms with E-state index in [0.29, 0.717) is 5.92 Å². The van der Waals surface area contributed by atoms with Gasteiger partial charge in [-0.3, -0.25) is 4.79 Å². The van der Waals surface area contributed by atoms with E-state index in [0.717, 1.165) is 24.1 Å². The molecule has 0 fully saturated rings. The first-order valence-corrected chi connectivity index (χ1v) is 6.00. The number of nitrogens with one attached hydrogen (secondary N) is 1. The molecule has 0 radical (unpaired) electrons. The minimum Gasteiger partial charge on any atom is -0.326 e. The van der Waals surface area contributed by atoms with E-state index in [1.807, 2.05) is 13.0 Å². The second-order valence-electron chi connectivity index (χ2n) is 4.87. The molecule has 0 spiro atoms. The number of pyridine rings is 1. The summed E-state index contributed by atoms with van der Waals surface area (Å²) in [4.78, 5) is 14.3. The quantitative estimate of drug-likeness (QED) is 0.663. The van der Waals surface area contributed by atoms with Gasteiger partial charge in [0.05, 0.1) is 5.54 Å². The Labute approximate surface area is 100 Å². The Balaban J connectivity index is 2.28. The second-order valence-corrected chi connectivity index (χ2v) is 4.87. The highest BCUT2D eigenvalue weighted by Crippen LogP contribution is 2.45. The zero-order chi connectivity index (χ0) is 12.0. The normalized spacial score (nSPS) is 32.6. The number of fused-ring (bicyclic) bond motifs is 4. The van der Waals surface area contributed by atoms with E-state index >= 15 is 0 Å². The third-order valence-corrected chi connectivity index (χ3v) is 3.94. The number of nitrogens with two attached hydrogens (primary N) is 1. The van der Waals surface area contributed by atoms with Gasteiger partial charge in [0.15, 0.2) is 0 Å². The Hall–Kier alpha value is -1.61. The zero-order valence-electron chi connectivity index (χ0n) is 9.86. The van der Waals surface area contributed by atoms with Gasteiger partial charge in [0.25, 0.3) is 0 Å². The second kappa shape index (κ2) is 3.44. The van der Waals surface area contributed by atoms with Gasteiger partial charge in [0.2, 0.25) is 5.56 Å².